The molecular formula is C22H23F6N3O7. The molecule has 0 unspecified atom stereocenters. The highest BCUT2D eigenvalue weighted by Gasteiger charge is 2.54. The first-order chi connectivity index (χ1) is 17.6. The van der Waals surface area contributed by atoms with Gasteiger partial charge in [-0.05, 0) is 25.1 Å². The van der Waals surface area contributed by atoms with Crippen LogP contribution in [0.3, 0.4) is 0 Å². The summed E-state index contributed by atoms with van der Waals surface area (Å²) >= 11 is 0. The van der Waals surface area contributed by atoms with Gasteiger partial charge in [-0.1, -0.05) is 6.07 Å². The van der Waals surface area contributed by atoms with Crippen molar-refractivity contribution in [2.45, 2.75) is 25.3 Å². The van der Waals surface area contributed by atoms with Gasteiger partial charge in [-0.3, -0.25) is 9.69 Å². The highest BCUT2D eigenvalue weighted by molar-refractivity contribution is 5.86. The molecule has 4 heterocycles. The van der Waals surface area contributed by atoms with Gasteiger partial charge >= 0.3 is 24.3 Å². The zero-order valence-corrected chi connectivity index (χ0v) is 19.5. The molecule has 2 saturated heterocycles. The highest BCUT2D eigenvalue weighted by atomic mass is 19.4. The van der Waals surface area contributed by atoms with E-state index in [4.69, 9.17) is 29.0 Å². The first-order valence-electron chi connectivity index (χ1n) is 10.8. The van der Waals surface area contributed by atoms with Crippen molar-refractivity contribution in [1.29, 1.82) is 0 Å². The molecule has 0 saturated carbocycles. The van der Waals surface area contributed by atoms with Crippen LogP contribution in [0.1, 0.15) is 12.0 Å². The standard InChI is InChI=1S/C18H21N3O3.2C2HF3O2/c22-17-18(5-7-21(13-18)10-14-4-8-23-11-14)15(9-20-17)12-24-16-3-1-2-6-19-16;2*3-2(4,5)1(6)7/h1-4,6,8,11,15H,5,7,9-10,12-13H2,(H,20,22);2*(H,6,7)/t15-,18+;;/m0../s1. The fourth-order valence-corrected chi connectivity index (χ4v) is 3.82. The predicted octanol–water partition coefficient (Wildman–Crippen LogP) is 2.96. The second-order valence-corrected chi connectivity index (χ2v) is 8.24. The third-order valence-electron chi connectivity index (χ3n) is 5.66. The molecule has 0 aromatic carbocycles. The number of aromatic nitrogens is 1. The van der Waals surface area contributed by atoms with Crippen molar-refractivity contribution in [2.24, 2.45) is 11.3 Å². The number of amides is 1. The zero-order chi connectivity index (χ0) is 28.6. The van der Waals surface area contributed by atoms with E-state index >= 15 is 0 Å². The van der Waals surface area contributed by atoms with E-state index < -0.39 is 24.3 Å². The minimum absolute atomic E-state index is 0.159. The van der Waals surface area contributed by atoms with E-state index in [0.717, 1.165) is 31.6 Å². The van der Waals surface area contributed by atoms with Crippen LogP contribution in [0.5, 0.6) is 5.88 Å². The first-order valence-corrected chi connectivity index (χ1v) is 10.8. The summed E-state index contributed by atoms with van der Waals surface area (Å²) in [7, 11) is 0. The van der Waals surface area contributed by atoms with Crippen LogP contribution in [-0.4, -0.2) is 76.5 Å². The van der Waals surface area contributed by atoms with Crippen LogP contribution in [0.4, 0.5) is 26.3 Å². The molecule has 0 bridgehead atoms. The molecule has 0 radical (unpaired) electrons. The SMILES string of the molecule is O=C(O)C(F)(F)F.O=C(O)C(F)(F)F.O=C1NC[C@@H](COc2ccccn2)[C@]12CCN(Cc1ccoc1)C2. The summed E-state index contributed by atoms with van der Waals surface area (Å²) in [4.78, 5) is 36.8. The Morgan fingerprint density at radius 1 is 1.13 bits per heavy atom. The molecule has 3 N–H and O–H groups in total. The number of carboxylic acids is 2. The summed E-state index contributed by atoms with van der Waals surface area (Å²) in [5.74, 6) is -4.58. The number of ether oxygens (including phenoxy) is 1. The Morgan fingerprint density at radius 3 is 2.26 bits per heavy atom. The molecule has 2 aliphatic heterocycles. The average molecular weight is 555 g/mol. The number of hydrogen-bond donors (Lipinski definition) is 3. The smallest absolute Gasteiger partial charge is 0.477 e. The fourth-order valence-electron chi connectivity index (χ4n) is 3.82. The number of rotatable bonds is 5. The summed E-state index contributed by atoms with van der Waals surface area (Å²) in [5.41, 5.74) is 0.796. The lowest BCUT2D eigenvalue weighted by atomic mass is 9.77. The Kier molecular flexibility index (Phi) is 10.1. The quantitative estimate of drug-likeness (QED) is 0.475. The maximum Gasteiger partial charge on any atom is 0.490 e. The topological polar surface area (TPSA) is 142 Å². The minimum Gasteiger partial charge on any atom is -0.477 e. The third-order valence-corrected chi connectivity index (χ3v) is 5.66. The van der Waals surface area contributed by atoms with Crippen LogP contribution >= 0.6 is 0 Å². The summed E-state index contributed by atoms with van der Waals surface area (Å²) in [6.07, 6.45) is -4.13. The van der Waals surface area contributed by atoms with Gasteiger partial charge in [0.05, 0.1) is 24.5 Å². The van der Waals surface area contributed by atoms with E-state index in [2.05, 4.69) is 15.2 Å². The lowest BCUT2D eigenvalue weighted by Crippen LogP contribution is -2.40. The number of nitrogens with one attached hydrogen (secondary N) is 1. The Labute approximate surface area is 211 Å². The van der Waals surface area contributed by atoms with Gasteiger partial charge in [-0.15, -0.1) is 0 Å². The van der Waals surface area contributed by atoms with Crippen molar-refractivity contribution in [3.63, 3.8) is 0 Å². The van der Waals surface area contributed by atoms with Crippen LogP contribution in [-0.2, 0) is 20.9 Å². The van der Waals surface area contributed by atoms with Gasteiger partial charge in [-0.25, -0.2) is 14.6 Å². The maximum atomic E-state index is 12.5. The van der Waals surface area contributed by atoms with Gasteiger partial charge in [0.25, 0.3) is 0 Å². The molecule has 1 spiro atoms. The summed E-state index contributed by atoms with van der Waals surface area (Å²) in [6.45, 7) is 3.68. The molecule has 2 atom stereocenters. The van der Waals surface area contributed by atoms with E-state index in [1.54, 1.807) is 18.7 Å². The molecule has 2 aliphatic rings. The van der Waals surface area contributed by atoms with Crippen molar-refractivity contribution >= 4 is 17.8 Å². The molecule has 0 aliphatic carbocycles. The number of carbonyl (C=O) groups excluding carboxylic acids is 1. The van der Waals surface area contributed by atoms with E-state index in [9.17, 15) is 31.1 Å². The number of nitrogens with zero attached hydrogens (tertiary/aromatic N) is 2. The predicted molar refractivity (Wildman–Crippen MR) is 115 cm³/mol. The van der Waals surface area contributed by atoms with Crippen LogP contribution in [0.25, 0.3) is 0 Å². The Morgan fingerprint density at radius 2 is 1.76 bits per heavy atom. The summed E-state index contributed by atoms with van der Waals surface area (Å²) in [6, 6.07) is 7.58. The van der Waals surface area contributed by atoms with Crippen LogP contribution in [0.15, 0.2) is 47.4 Å². The molecule has 1 amide bonds. The number of carbonyl (C=O) groups is 3. The summed E-state index contributed by atoms with van der Waals surface area (Å²) in [5, 5.41) is 17.3. The van der Waals surface area contributed by atoms with Gasteiger partial charge in [0, 0.05) is 43.4 Å². The Hall–Kier alpha value is -3.82. The summed E-state index contributed by atoms with van der Waals surface area (Å²) < 4.78 is 74.4. The second kappa shape index (κ2) is 12.6. The van der Waals surface area contributed by atoms with Gasteiger partial charge in [-0.2, -0.15) is 26.3 Å². The van der Waals surface area contributed by atoms with Crippen molar-refractivity contribution < 1.29 is 60.1 Å². The average Bonchev–Trinajstić information content (AvgIpc) is 3.56. The third kappa shape index (κ3) is 8.64. The molecule has 2 aromatic rings. The molecule has 10 nitrogen and oxygen atoms in total. The molecule has 38 heavy (non-hydrogen) atoms. The molecule has 2 aromatic heterocycles. The van der Waals surface area contributed by atoms with Gasteiger partial charge in [0.2, 0.25) is 11.8 Å². The molecule has 210 valence electrons. The van der Waals surface area contributed by atoms with E-state index in [0.29, 0.717) is 19.0 Å². The number of halogens is 6. The Bertz CT molecular complexity index is 1040. The largest absolute Gasteiger partial charge is 0.490 e. The van der Waals surface area contributed by atoms with Crippen LogP contribution < -0.4 is 10.1 Å². The monoisotopic (exact) mass is 555 g/mol. The number of hydrogen-bond acceptors (Lipinski definition) is 7. The van der Waals surface area contributed by atoms with Crippen molar-refractivity contribution in [3.8, 4) is 5.88 Å². The zero-order valence-electron chi connectivity index (χ0n) is 19.5. The number of pyridine rings is 1. The van der Waals surface area contributed by atoms with Crippen molar-refractivity contribution in [1.82, 2.24) is 15.2 Å². The van der Waals surface area contributed by atoms with Crippen molar-refractivity contribution in [3.05, 3.63) is 48.6 Å². The highest BCUT2D eigenvalue weighted by Crippen LogP contribution is 2.42. The molecule has 16 heteroatoms. The van der Waals surface area contributed by atoms with Crippen LogP contribution in [0, 0.1) is 11.3 Å². The number of alkyl halides is 6. The molecule has 4 rings (SSSR count). The van der Waals surface area contributed by atoms with Gasteiger partial charge in [0.1, 0.15) is 0 Å². The van der Waals surface area contributed by atoms with Crippen molar-refractivity contribution in [2.75, 3.05) is 26.2 Å². The first kappa shape index (κ1) is 30.4. The van der Waals surface area contributed by atoms with Gasteiger partial charge < -0.3 is 24.7 Å². The van der Waals surface area contributed by atoms with E-state index in [-0.39, 0.29) is 17.2 Å². The van der Waals surface area contributed by atoms with E-state index in [1.165, 1.54) is 0 Å². The number of likely N-dealkylation sites (tertiary alicyclic amines) is 1. The maximum absolute atomic E-state index is 12.5. The van der Waals surface area contributed by atoms with Gasteiger partial charge in [0.15, 0.2) is 0 Å². The second-order valence-electron chi connectivity index (χ2n) is 8.24. The minimum atomic E-state index is -5.08. The normalized spacial score (nSPS) is 21.1. The number of aliphatic carboxylic acids is 2. The Balaban J connectivity index is 0.000000301. The lowest BCUT2D eigenvalue weighted by Gasteiger charge is -2.28. The fraction of sp³-hybridized carbons (Fsp3) is 0.455. The van der Waals surface area contributed by atoms with Crippen LogP contribution in [0.2, 0.25) is 0 Å². The number of furan rings is 1. The number of carboxylic acid groups (broad SMARTS) is 2. The van der Waals surface area contributed by atoms with E-state index in [1.807, 2.05) is 24.3 Å². The molecule has 2 fully saturated rings. The molecular weight excluding hydrogens is 532 g/mol. The lowest BCUT2D eigenvalue weighted by molar-refractivity contribution is -0.193.